The average Bonchev–Trinajstić information content (AvgIpc) is 1.88. The molecule has 0 fully saturated rings. The fourth-order valence-electron chi connectivity index (χ4n) is 0.698. The van der Waals surface area contributed by atoms with Crippen LogP contribution in [0.4, 0.5) is 0 Å². The van der Waals surface area contributed by atoms with Gasteiger partial charge in [-0.05, 0) is 35.0 Å². The lowest BCUT2D eigenvalue weighted by molar-refractivity contribution is -0.421. The van der Waals surface area contributed by atoms with E-state index in [4.69, 9.17) is 0 Å². The van der Waals surface area contributed by atoms with Crippen LogP contribution < -0.4 is 5.73 Å². The number of nitrogens with zero attached hydrogens (tertiary/aromatic N) is 1. The highest BCUT2D eigenvalue weighted by Crippen LogP contribution is 2.09. The Bertz CT molecular complexity index is 223. The van der Waals surface area contributed by atoms with Gasteiger partial charge in [0.05, 0.1) is 5.69 Å². The lowest BCUT2D eigenvalue weighted by Crippen LogP contribution is -2.52. The molecular weight excluding hydrogens is 192 g/mol. The molecule has 10 heavy (non-hydrogen) atoms. The number of aromatic nitrogens is 1. The summed E-state index contributed by atoms with van der Waals surface area (Å²) in [5.41, 5.74) is 4.89. The van der Waals surface area contributed by atoms with Crippen LogP contribution in [0.3, 0.4) is 0 Å². The summed E-state index contributed by atoms with van der Waals surface area (Å²) >= 11 is 3.29. The number of halogens is 1. The van der Waals surface area contributed by atoms with Crippen LogP contribution in [0.25, 0.3) is 0 Å². The maximum absolute atomic E-state index is 4.23. The number of hydrogen-bond donors (Lipinski definition) is 1. The minimum absolute atomic E-state index is 0.262. The van der Waals surface area contributed by atoms with Crippen LogP contribution in [-0.4, -0.2) is 4.98 Å². The van der Waals surface area contributed by atoms with Crippen molar-refractivity contribution >= 4 is 15.9 Å². The summed E-state index contributed by atoms with van der Waals surface area (Å²) in [5.74, 6) is 0. The molecule has 0 spiro atoms. The minimum atomic E-state index is 0.262. The maximum Gasteiger partial charge on any atom is 0.124 e. The first-order valence-electron chi connectivity index (χ1n) is 3.15. The molecule has 3 N–H and O–H groups in total. The number of pyridine rings is 1. The van der Waals surface area contributed by atoms with E-state index in [0.29, 0.717) is 0 Å². The Morgan fingerprint density at radius 1 is 1.60 bits per heavy atom. The highest BCUT2D eigenvalue weighted by molar-refractivity contribution is 9.10. The Labute approximate surface area is 68.6 Å². The van der Waals surface area contributed by atoms with E-state index >= 15 is 0 Å². The molecule has 1 heterocycles. The monoisotopic (exact) mass is 201 g/mol. The molecule has 0 saturated heterocycles. The molecule has 0 unspecified atom stereocenters. The molecule has 0 aliphatic carbocycles. The molecule has 1 rings (SSSR count). The van der Waals surface area contributed by atoms with Gasteiger partial charge in [-0.15, -0.1) is 0 Å². The van der Waals surface area contributed by atoms with E-state index in [1.54, 1.807) is 0 Å². The standard InChI is InChI=1S/C7H9BrN2/c1-5(9)6-3-2-4-7(8)10-6/h2-5H,9H2,1H3/p+1/t5-/m0/s1. The Kier molecular flexibility index (Phi) is 2.40. The van der Waals surface area contributed by atoms with Crippen molar-refractivity contribution < 1.29 is 5.73 Å². The highest BCUT2D eigenvalue weighted by atomic mass is 79.9. The van der Waals surface area contributed by atoms with Crippen molar-refractivity contribution in [2.75, 3.05) is 0 Å². The van der Waals surface area contributed by atoms with Crippen molar-refractivity contribution in [2.45, 2.75) is 13.0 Å². The molecule has 0 aliphatic heterocycles. The summed E-state index contributed by atoms with van der Waals surface area (Å²) < 4.78 is 0.875. The van der Waals surface area contributed by atoms with Crippen molar-refractivity contribution in [3.63, 3.8) is 0 Å². The van der Waals surface area contributed by atoms with E-state index in [1.165, 1.54) is 0 Å². The predicted octanol–water partition coefficient (Wildman–Crippen LogP) is 1.15. The summed E-state index contributed by atoms with van der Waals surface area (Å²) in [6, 6.07) is 6.11. The smallest absolute Gasteiger partial charge is 0.124 e. The Morgan fingerprint density at radius 3 is 2.70 bits per heavy atom. The van der Waals surface area contributed by atoms with Crippen LogP contribution in [0.1, 0.15) is 18.7 Å². The van der Waals surface area contributed by atoms with Gasteiger partial charge in [0.15, 0.2) is 0 Å². The molecule has 0 amide bonds. The van der Waals surface area contributed by atoms with Crippen molar-refractivity contribution in [1.82, 2.24) is 4.98 Å². The minimum Gasteiger partial charge on any atom is -0.350 e. The van der Waals surface area contributed by atoms with Crippen molar-refractivity contribution in [1.29, 1.82) is 0 Å². The zero-order chi connectivity index (χ0) is 7.56. The van der Waals surface area contributed by atoms with Crippen molar-refractivity contribution in [2.24, 2.45) is 0 Å². The molecule has 54 valence electrons. The molecule has 0 aliphatic rings. The van der Waals surface area contributed by atoms with Gasteiger partial charge in [-0.1, -0.05) is 6.07 Å². The molecule has 0 saturated carbocycles. The van der Waals surface area contributed by atoms with E-state index in [1.807, 2.05) is 25.1 Å². The lowest BCUT2D eigenvalue weighted by atomic mass is 10.2. The van der Waals surface area contributed by atoms with Gasteiger partial charge in [0.25, 0.3) is 0 Å². The van der Waals surface area contributed by atoms with Gasteiger partial charge >= 0.3 is 0 Å². The second-order valence-electron chi connectivity index (χ2n) is 2.29. The van der Waals surface area contributed by atoms with Crippen molar-refractivity contribution in [3.05, 3.63) is 28.5 Å². The van der Waals surface area contributed by atoms with E-state index < -0.39 is 0 Å². The largest absolute Gasteiger partial charge is 0.350 e. The SMILES string of the molecule is C[C@H]([NH3+])c1cccc(Br)n1. The van der Waals surface area contributed by atoms with Crippen LogP contribution in [-0.2, 0) is 0 Å². The fraction of sp³-hybridized carbons (Fsp3) is 0.286. The Morgan fingerprint density at radius 2 is 2.30 bits per heavy atom. The number of hydrogen-bond acceptors (Lipinski definition) is 1. The van der Waals surface area contributed by atoms with Gasteiger partial charge in [-0.3, -0.25) is 0 Å². The first-order valence-corrected chi connectivity index (χ1v) is 3.95. The topological polar surface area (TPSA) is 40.5 Å². The van der Waals surface area contributed by atoms with Gasteiger partial charge in [0.2, 0.25) is 0 Å². The quantitative estimate of drug-likeness (QED) is 0.681. The molecule has 0 aromatic carbocycles. The third-order valence-corrected chi connectivity index (χ3v) is 1.68. The number of quaternary nitrogens is 1. The second kappa shape index (κ2) is 3.12. The third kappa shape index (κ3) is 1.78. The normalized spacial score (nSPS) is 13.1. The van der Waals surface area contributed by atoms with Crippen LogP contribution in [0.15, 0.2) is 22.8 Å². The summed E-state index contributed by atoms with van der Waals surface area (Å²) in [7, 11) is 0. The predicted molar refractivity (Wildman–Crippen MR) is 43.2 cm³/mol. The lowest BCUT2D eigenvalue weighted by Gasteiger charge is -1.99. The second-order valence-corrected chi connectivity index (χ2v) is 3.10. The first kappa shape index (κ1) is 7.69. The van der Waals surface area contributed by atoms with Crippen LogP contribution >= 0.6 is 15.9 Å². The van der Waals surface area contributed by atoms with E-state index in [0.717, 1.165) is 10.3 Å². The number of rotatable bonds is 1. The molecule has 1 aromatic rings. The van der Waals surface area contributed by atoms with Crippen LogP contribution in [0.5, 0.6) is 0 Å². The van der Waals surface area contributed by atoms with Crippen molar-refractivity contribution in [3.8, 4) is 0 Å². The van der Waals surface area contributed by atoms with Gasteiger partial charge in [0, 0.05) is 0 Å². The van der Waals surface area contributed by atoms with Gasteiger partial charge in [0.1, 0.15) is 10.6 Å². The maximum atomic E-state index is 4.23. The average molecular weight is 202 g/mol. The van der Waals surface area contributed by atoms with E-state index in [-0.39, 0.29) is 6.04 Å². The van der Waals surface area contributed by atoms with E-state index in [9.17, 15) is 0 Å². The van der Waals surface area contributed by atoms with Gasteiger partial charge in [-0.25, -0.2) is 4.98 Å². The van der Waals surface area contributed by atoms with Crippen LogP contribution in [0, 0.1) is 0 Å². The molecule has 0 bridgehead atoms. The molecule has 2 nitrogen and oxygen atoms in total. The van der Waals surface area contributed by atoms with Gasteiger partial charge < -0.3 is 5.73 Å². The third-order valence-electron chi connectivity index (χ3n) is 1.24. The molecule has 1 aromatic heterocycles. The summed E-state index contributed by atoms with van der Waals surface area (Å²) in [6.45, 7) is 2.02. The Hall–Kier alpha value is -0.410. The first-order chi connectivity index (χ1) is 4.70. The van der Waals surface area contributed by atoms with E-state index in [2.05, 4.69) is 26.6 Å². The molecular formula is C7H10BrN2+. The zero-order valence-corrected chi connectivity index (χ0v) is 7.43. The van der Waals surface area contributed by atoms with Crippen LogP contribution in [0.2, 0.25) is 0 Å². The summed E-state index contributed by atoms with van der Waals surface area (Å²) in [6.07, 6.45) is 0. The Balaban J connectivity index is 2.96. The molecule has 0 radical (unpaired) electrons. The fourth-order valence-corrected chi connectivity index (χ4v) is 1.06. The van der Waals surface area contributed by atoms with Gasteiger partial charge in [-0.2, -0.15) is 0 Å². The summed E-state index contributed by atoms with van der Waals surface area (Å²) in [4.78, 5) is 4.23. The highest BCUT2D eigenvalue weighted by Gasteiger charge is 2.02. The summed E-state index contributed by atoms with van der Waals surface area (Å²) in [5, 5.41) is 0. The molecule has 3 heteroatoms. The molecule has 1 atom stereocenters. The zero-order valence-electron chi connectivity index (χ0n) is 5.84.